The van der Waals surface area contributed by atoms with Gasteiger partial charge in [-0.2, -0.15) is 5.10 Å². The number of nitrogens with one attached hydrogen (secondary N) is 2. The van der Waals surface area contributed by atoms with Gasteiger partial charge in [0.2, 0.25) is 0 Å². The molecule has 8 nitrogen and oxygen atoms in total. The molecule has 0 saturated carbocycles. The van der Waals surface area contributed by atoms with E-state index in [1.807, 2.05) is 19.9 Å². The Morgan fingerprint density at radius 3 is 2.76 bits per heavy atom. The van der Waals surface area contributed by atoms with Gasteiger partial charge in [0.05, 0.1) is 23.7 Å². The van der Waals surface area contributed by atoms with Crippen molar-refractivity contribution in [2.24, 2.45) is 0 Å². The van der Waals surface area contributed by atoms with Crippen LogP contribution < -0.4 is 10.6 Å². The van der Waals surface area contributed by atoms with Crippen LogP contribution in [0.1, 0.15) is 21.7 Å². The molecule has 3 aromatic rings. The largest absolute Gasteiger partial charge is 0.367 e. The summed E-state index contributed by atoms with van der Waals surface area (Å²) in [7, 11) is 0. The smallest absolute Gasteiger partial charge is 0.252 e. The van der Waals surface area contributed by atoms with Gasteiger partial charge in [0.1, 0.15) is 5.82 Å². The first-order valence-corrected chi connectivity index (χ1v) is 7.91. The van der Waals surface area contributed by atoms with Gasteiger partial charge in [-0.15, -0.1) is 0 Å². The van der Waals surface area contributed by atoms with Gasteiger partial charge in [0.25, 0.3) is 5.91 Å². The average molecular weight is 337 g/mol. The molecular weight excluding hydrogens is 318 g/mol. The van der Waals surface area contributed by atoms with Crippen LogP contribution in [0.15, 0.2) is 43.0 Å². The Morgan fingerprint density at radius 2 is 2.04 bits per heavy atom. The number of aryl methyl sites for hydroxylation is 2. The van der Waals surface area contributed by atoms with Crippen molar-refractivity contribution in [3.05, 3.63) is 59.9 Å². The molecule has 3 aromatic heterocycles. The van der Waals surface area contributed by atoms with Crippen molar-refractivity contribution >= 4 is 11.7 Å². The fourth-order valence-corrected chi connectivity index (χ4v) is 2.37. The Kier molecular flexibility index (Phi) is 4.98. The van der Waals surface area contributed by atoms with Crippen LogP contribution in [0.25, 0.3) is 5.82 Å². The molecule has 8 heteroatoms. The van der Waals surface area contributed by atoms with Gasteiger partial charge in [-0.25, -0.2) is 9.67 Å². The first-order chi connectivity index (χ1) is 12.1. The zero-order chi connectivity index (χ0) is 17.6. The van der Waals surface area contributed by atoms with E-state index >= 15 is 0 Å². The molecule has 3 heterocycles. The van der Waals surface area contributed by atoms with Crippen molar-refractivity contribution in [3.63, 3.8) is 0 Å². The van der Waals surface area contributed by atoms with Crippen molar-refractivity contribution in [2.75, 3.05) is 18.4 Å². The number of aromatic nitrogens is 5. The van der Waals surface area contributed by atoms with Gasteiger partial charge in [-0.05, 0) is 32.0 Å². The fraction of sp³-hybridized carbons (Fsp3) is 0.235. The number of nitrogens with zero attached hydrogens (tertiary/aromatic N) is 5. The molecule has 0 aliphatic heterocycles. The van der Waals surface area contributed by atoms with Crippen LogP contribution in [0.4, 0.5) is 5.82 Å². The van der Waals surface area contributed by atoms with E-state index in [0.717, 1.165) is 11.4 Å². The molecule has 0 saturated heterocycles. The van der Waals surface area contributed by atoms with Gasteiger partial charge in [0, 0.05) is 31.2 Å². The number of hydrogen-bond donors (Lipinski definition) is 2. The highest BCUT2D eigenvalue weighted by Crippen LogP contribution is 2.10. The van der Waals surface area contributed by atoms with Gasteiger partial charge < -0.3 is 10.6 Å². The van der Waals surface area contributed by atoms with Crippen molar-refractivity contribution in [2.45, 2.75) is 13.8 Å². The van der Waals surface area contributed by atoms with E-state index in [0.29, 0.717) is 30.3 Å². The van der Waals surface area contributed by atoms with E-state index in [-0.39, 0.29) is 5.91 Å². The first-order valence-electron chi connectivity index (χ1n) is 7.91. The standard InChI is InChI=1S/C17H19N7O/c1-12-8-13(2)24(23-12)16-11-19-10-15(22-16)20-6-7-21-17(25)14-4-3-5-18-9-14/h3-5,8-11H,6-7H2,1-2H3,(H,20,22)(H,21,25). The molecule has 0 aliphatic rings. The molecule has 0 spiro atoms. The van der Waals surface area contributed by atoms with Gasteiger partial charge in [-0.3, -0.25) is 14.8 Å². The minimum absolute atomic E-state index is 0.155. The molecule has 0 aliphatic carbocycles. The number of anilines is 1. The summed E-state index contributed by atoms with van der Waals surface area (Å²) in [4.78, 5) is 24.5. The molecule has 0 bridgehead atoms. The van der Waals surface area contributed by atoms with Crippen LogP contribution in [-0.2, 0) is 0 Å². The number of carbonyl (C=O) groups excluding carboxylic acids is 1. The highest BCUT2D eigenvalue weighted by atomic mass is 16.1. The van der Waals surface area contributed by atoms with Gasteiger partial charge in [0.15, 0.2) is 5.82 Å². The van der Waals surface area contributed by atoms with Gasteiger partial charge in [-0.1, -0.05) is 0 Å². The van der Waals surface area contributed by atoms with Crippen LogP contribution in [0.2, 0.25) is 0 Å². The fourth-order valence-electron chi connectivity index (χ4n) is 2.37. The molecule has 3 rings (SSSR count). The maximum Gasteiger partial charge on any atom is 0.252 e. The Morgan fingerprint density at radius 1 is 1.16 bits per heavy atom. The third-order valence-electron chi connectivity index (χ3n) is 3.49. The predicted octanol–water partition coefficient (Wildman–Crippen LogP) is 1.52. The van der Waals surface area contributed by atoms with E-state index < -0.39 is 0 Å². The highest BCUT2D eigenvalue weighted by molar-refractivity contribution is 5.93. The molecule has 0 atom stereocenters. The maximum absolute atomic E-state index is 11.9. The number of rotatable bonds is 6. The lowest BCUT2D eigenvalue weighted by atomic mass is 10.3. The molecule has 0 unspecified atom stereocenters. The van der Waals surface area contributed by atoms with E-state index in [9.17, 15) is 4.79 Å². The lowest BCUT2D eigenvalue weighted by Gasteiger charge is -2.09. The van der Waals surface area contributed by atoms with Crippen molar-refractivity contribution in [3.8, 4) is 5.82 Å². The van der Waals surface area contributed by atoms with Crippen molar-refractivity contribution in [1.29, 1.82) is 0 Å². The maximum atomic E-state index is 11.9. The molecule has 25 heavy (non-hydrogen) atoms. The zero-order valence-corrected chi connectivity index (χ0v) is 14.1. The van der Waals surface area contributed by atoms with Crippen LogP contribution in [0, 0.1) is 13.8 Å². The summed E-state index contributed by atoms with van der Waals surface area (Å²) in [5, 5.41) is 10.4. The summed E-state index contributed by atoms with van der Waals surface area (Å²) >= 11 is 0. The summed E-state index contributed by atoms with van der Waals surface area (Å²) in [5.74, 6) is 1.12. The molecule has 0 aromatic carbocycles. The number of carbonyl (C=O) groups is 1. The van der Waals surface area contributed by atoms with E-state index in [1.54, 1.807) is 35.4 Å². The Hall–Kier alpha value is -3.29. The number of amides is 1. The summed E-state index contributed by atoms with van der Waals surface area (Å²) in [6.45, 7) is 4.89. The summed E-state index contributed by atoms with van der Waals surface area (Å²) in [6, 6.07) is 5.43. The van der Waals surface area contributed by atoms with Crippen LogP contribution in [0.3, 0.4) is 0 Å². The normalized spacial score (nSPS) is 10.5. The summed E-state index contributed by atoms with van der Waals surface area (Å²) in [5.41, 5.74) is 2.46. The third kappa shape index (κ3) is 4.17. The minimum atomic E-state index is -0.155. The molecule has 0 fully saturated rings. The van der Waals surface area contributed by atoms with Gasteiger partial charge >= 0.3 is 0 Å². The molecule has 128 valence electrons. The summed E-state index contributed by atoms with van der Waals surface area (Å²) in [6.07, 6.45) is 6.46. The third-order valence-corrected chi connectivity index (χ3v) is 3.49. The second-order valence-electron chi connectivity index (χ2n) is 5.53. The average Bonchev–Trinajstić information content (AvgIpc) is 2.98. The predicted molar refractivity (Wildman–Crippen MR) is 93.7 cm³/mol. The van der Waals surface area contributed by atoms with Crippen LogP contribution >= 0.6 is 0 Å². The number of pyridine rings is 1. The molecular formula is C17H19N7O. The second kappa shape index (κ2) is 7.52. The lowest BCUT2D eigenvalue weighted by molar-refractivity contribution is 0.0955. The van der Waals surface area contributed by atoms with E-state index in [2.05, 4.69) is 30.7 Å². The topological polar surface area (TPSA) is 97.6 Å². The first kappa shape index (κ1) is 16.6. The second-order valence-corrected chi connectivity index (χ2v) is 5.53. The SMILES string of the molecule is Cc1cc(C)n(-c2cncc(NCCNC(=O)c3cccnc3)n2)n1. The highest BCUT2D eigenvalue weighted by Gasteiger charge is 2.07. The Bertz CT molecular complexity index is 860. The van der Waals surface area contributed by atoms with Crippen LogP contribution in [0.5, 0.6) is 0 Å². The van der Waals surface area contributed by atoms with Crippen molar-refractivity contribution < 1.29 is 4.79 Å². The number of hydrogen-bond acceptors (Lipinski definition) is 6. The monoisotopic (exact) mass is 337 g/mol. The van der Waals surface area contributed by atoms with E-state index in [1.165, 1.54) is 6.20 Å². The molecule has 2 N–H and O–H groups in total. The lowest BCUT2D eigenvalue weighted by Crippen LogP contribution is -2.29. The Labute approximate surface area is 145 Å². The molecule has 0 radical (unpaired) electrons. The zero-order valence-electron chi connectivity index (χ0n) is 14.1. The molecule has 1 amide bonds. The summed E-state index contributed by atoms with van der Waals surface area (Å²) < 4.78 is 1.75. The van der Waals surface area contributed by atoms with Crippen LogP contribution in [-0.4, -0.2) is 43.7 Å². The van der Waals surface area contributed by atoms with Crippen molar-refractivity contribution in [1.82, 2.24) is 30.0 Å². The quantitative estimate of drug-likeness (QED) is 0.662. The van der Waals surface area contributed by atoms with E-state index in [4.69, 9.17) is 0 Å². The Balaban J connectivity index is 1.55. The minimum Gasteiger partial charge on any atom is -0.367 e.